The van der Waals surface area contributed by atoms with Crippen LogP contribution in [-0.4, -0.2) is 205 Å². The van der Waals surface area contributed by atoms with Crippen molar-refractivity contribution in [1.82, 2.24) is 63.5 Å². The third-order valence-corrected chi connectivity index (χ3v) is 18.4. The predicted molar refractivity (Wildman–Crippen MR) is 422 cm³/mol. The van der Waals surface area contributed by atoms with Crippen molar-refractivity contribution >= 4 is 106 Å². The number of fused-ring (bicyclic) bond motifs is 1. The molecule has 1 aromatic heterocycles. The summed E-state index contributed by atoms with van der Waals surface area (Å²) in [6, 6.07) is -8.56. The first kappa shape index (κ1) is 95.5. The SMILES string of the molecule is CC[C@H](C)[C@H](NC(=O)[C@H](CCCN=C(N)N)NC(=O)[C@@H](NC(=O)[C@H](CN)NC(=O)[C@@H](NC(=O)[C@@H](NC(=O)[C@H](CC(C)C)NC(=O)[C@H](CCCN=C(N)N)NC(=O)[C@@H](N)C(C)C)[C@@H](C)CC)C(C)C)C(C)C)C(=O)N[C@@H](Cc1c[nH]c2ccccc12)C(=O)N[C@@H](CCCN=C(N)N)C(=O)N[C@@H](CCCN=C(N)N)C(N)=O. The minimum atomic E-state index is -1.52. The van der Waals surface area contributed by atoms with Crippen LogP contribution in [0.5, 0.6) is 0 Å². The summed E-state index contributed by atoms with van der Waals surface area (Å²) in [6.07, 6.45) is 2.92. The average Bonchev–Trinajstić information content (AvgIpc) is 1.67. The number of para-hydroxylation sites is 1. The van der Waals surface area contributed by atoms with Crippen LogP contribution in [0.3, 0.4) is 0 Å². The van der Waals surface area contributed by atoms with Gasteiger partial charge in [0.25, 0.3) is 0 Å². The lowest BCUT2D eigenvalue weighted by atomic mass is 9.95. The largest absolute Gasteiger partial charge is 0.370 e. The van der Waals surface area contributed by atoms with Crippen LogP contribution >= 0.6 is 0 Å². The molecular weight excluding hydrogens is 1420 g/mol. The maximum atomic E-state index is 15.0. The lowest BCUT2D eigenvalue weighted by Crippen LogP contribution is -2.63. The van der Waals surface area contributed by atoms with Crippen LogP contribution in [0.1, 0.15) is 159 Å². The van der Waals surface area contributed by atoms with E-state index in [1.165, 1.54) is 0 Å². The molecule has 1 heterocycles. The summed E-state index contributed by atoms with van der Waals surface area (Å²) in [6.45, 7) is 20.3. The monoisotopic (exact) mass is 1550 g/mol. The van der Waals surface area contributed by atoms with E-state index < -0.39 is 174 Å². The van der Waals surface area contributed by atoms with Crippen LogP contribution in [0.4, 0.5) is 0 Å². The molecule has 0 saturated heterocycles. The van der Waals surface area contributed by atoms with Gasteiger partial charge in [-0.15, -0.1) is 0 Å². The Labute approximate surface area is 644 Å². The van der Waals surface area contributed by atoms with Gasteiger partial charge in [0.15, 0.2) is 23.8 Å². The molecule has 0 spiro atoms. The van der Waals surface area contributed by atoms with Crippen molar-refractivity contribution in [3.63, 3.8) is 0 Å². The number of aromatic nitrogens is 1. The van der Waals surface area contributed by atoms with E-state index in [1.807, 2.05) is 19.9 Å². The molecule has 0 radical (unpaired) electrons. The van der Waals surface area contributed by atoms with E-state index in [0.717, 1.165) is 0 Å². The Kier molecular flexibility index (Phi) is 42.3. The number of aromatic amines is 1. The van der Waals surface area contributed by atoms with Crippen molar-refractivity contribution in [1.29, 1.82) is 0 Å². The fourth-order valence-electron chi connectivity index (χ4n) is 11.4. The van der Waals surface area contributed by atoms with Crippen molar-refractivity contribution in [3.8, 4) is 0 Å². The second-order valence-electron chi connectivity index (χ2n) is 29.0. The molecule has 0 aliphatic carbocycles. The zero-order valence-electron chi connectivity index (χ0n) is 65.8. The van der Waals surface area contributed by atoms with Crippen molar-refractivity contribution in [2.75, 3.05) is 32.7 Å². The van der Waals surface area contributed by atoms with Gasteiger partial charge in [0.05, 0.1) is 6.04 Å². The fraction of sp³-hybridized carbons (Fsp3) is 0.662. The summed E-state index contributed by atoms with van der Waals surface area (Å²) in [5.41, 5.74) is 63.6. The van der Waals surface area contributed by atoms with Crippen molar-refractivity contribution < 1.29 is 57.5 Å². The Balaban J connectivity index is 2.55. The van der Waals surface area contributed by atoms with Crippen LogP contribution in [-0.2, 0) is 64.0 Å². The fourth-order valence-corrected chi connectivity index (χ4v) is 11.4. The van der Waals surface area contributed by atoms with Crippen LogP contribution in [0.15, 0.2) is 50.4 Å². The van der Waals surface area contributed by atoms with Gasteiger partial charge in [-0.2, -0.15) is 0 Å². The number of amides is 12. The van der Waals surface area contributed by atoms with Crippen molar-refractivity contribution in [2.24, 2.45) is 119 Å². The Bertz CT molecular complexity index is 3470. The van der Waals surface area contributed by atoms with Crippen LogP contribution in [0.2, 0.25) is 0 Å². The minimum Gasteiger partial charge on any atom is -0.370 e. The molecule has 2 rings (SSSR count). The van der Waals surface area contributed by atoms with Gasteiger partial charge in [-0.1, -0.05) is 114 Å². The first-order chi connectivity index (χ1) is 51.7. The summed E-state index contributed by atoms with van der Waals surface area (Å²) >= 11 is 0. The standard InChI is InChI=1S/C71H127N27O12/c1-13-39(11)54(66(109)93-49(32-41-34-87-43-22-16-15-21-42(41)43)60(103)89-45(24-18-28-84-69(77)78)57(100)88-44(56(74)99)23-17-27-83-68(75)76)97-59(102)47(26-20-30-86-71(81)82)91-64(107)52(37(7)8)95-62(105)50(33-72)94-65(108)53(38(9)10)96-67(110)55(40(12)14-2)98-61(104)48(31-35(3)4)92-58(101)46(25-19-29-85-70(79)80)90-63(106)51(73)36(5)6/h15-16,21-22,34-40,44-55,87H,13-14,17-20,23-33,72-73H2,1-12H3,(H2,74,99)(H,88,100)(H,89,103)(H,90,106)(H,91,107)(H,92,101)(H,93,109)(H,94,108)(H,95,105)(H,96,110)(H,97,102)(H,98,104)(H4,75,76,83)(H4,77,78,84)(H4,79,80,85)(H4,81,82,86)/t39-,40-,44-,45-,46-,47-,48-,49-,50-,51-,52-,53-,54-,55-/m0/s1. The van der Waals surface area contributed by atoms with E-state index in [-0.39, 0.29) is 126 Å². The smallest absolute Gasteiger partial charge is 0.244 e. The van der Waals surface area contributed by atoms with Crippen LogP contribution < -0.4 is 122 Å². The first-order valence-corrected chi connectivity index (χ1v) is 37.5. The third-order valence-electron chi connectivity index (χ3n) is 18.4. The molecule has 618 valence electrons. The molecule has 39 heteroatoms. The number of primary amides is 1. The number of carbonyl (C=O) groups is 12. The number of rotatable bonds is 51. The number of hydrogen-bond acceptors (Lipinski definition) is 18. The highest BCUT2D eigenvalue weighted by atomic mass is 16.2. The molecule has 0 saturated carbocycles. The molecule has 39 nitrogen and oxygen atoms in total. The van der Waals surface area contributed by atoms with Gasteiger partial charge in [0.2, 0.25) is 70.9 Å². The van der Waals surface area contributed by atoms with Gasteiger partial charge in [-0.3, -0.25) is 77.5 Å². The van der Waals surface area contributed by atoms with Gasteiger partial charge in [-0.05, 0) is 105 Å². The van der Waals surface area contributed by atoms with Crippen molar-refractivity contribution in [2.45, 2.75) is 233 Å². The maximum Gasteiger partial charge on any atom is 0.244 e. The molecule has 0 bridgehead atoms. The van der Waals surface area contributed by atoms with E-state index in [1.54, 1.807) is 93.6 Å². The van der Waals surface area contributed by atoms with Gasteiger partial charge in [0, 0.05) is 56.2 Å². The normalized spacial score (nSPS) is 15.1. The number of nitrogens with one attached hydrogen (secondary N) is 12. The highest BCUT2D eigenvalue weighted by Gasteiger charge is 2.39. The first-order valence-electron chi connectivity index (χ1n) is 37.5. The number of carbonyl (C=O) groups excluding carboxylic acids is 12. The topological polar surface area (TPSA) is 689 Å². The van der Waals surface area contributed by atoms with E-state index in [4.69, 9.17) is 63.1 Å². The molecule has 14 atom stereocenters. The van der Waals surface area contributed by atoms with Gasteiger partial charge in [-0.25, -0.2) is 0 Å². The molecule has 34 N–H and O–H groups in total. The Morgan fingerprint density at radius 2 is 0.700 bits per heavy atom. The quantitative estimate of drug-likeness (QED) is 0.0168. The molecule has 0 fully saturated rings. The Hall–Kier alpha value is -10.6. The molecule has 2 aromatic rings. The summed E-state index contributed by atoms with van der Waals surface area (Å²) in [5.74, 6) is -13.5. The molecular formula is C71H127N27O12. The molecule has 0 unspecified atom stereocenters. The number of aliphatic imine (C=N–C) groups is 4. The van der Waals surface area contributed by atoms with Gasteiger partial charge >= 0.3 is 0 Å². The lowest BCUT2D eigenvalue weighted by Gasteiger charge is -2.31. The van der Waals surface area contributed by atoms with E-state index >= 15 is 0 Å². The Morgan fingerprint density at radius 3 is 1.10 bits per heavy atom. The zero-order valence-corrected chi connectivity index (χ0v) is 65.8. The zero-order chi connectivity index (χ0) is 83.2. The molecule has 12 amide bonds. The molecule has 0 aliphatic rings. The minimum absolute atomic E-state index is 0.00697. The second kappa shape index (κ2) is 48.7. The van der Waals surface area contributed by atoms with Crippen LogP contribution in [0.25, 0.3) is 10.9 Å². The summed E-state index contributed by atoms with van der Waals surface area (Å²) in [5, 5.41) is 30.6. The molecule has 1 aromatic carbocycles. The maximum absolute atomic E-state index is 15.0. The molecule has 110 heavy (non-hydrogen) atoms. The summed E-state index contributed by atoms with van der Waals surface area (Å²) in [4.78, 5) is 190. The van der Waals surface area contributed by atoms with Crippen molar-refractivity contribution in [3.05, 3.63) is 36.0 Å². The number of nitrogens with two attached hydrogens (primary N) is 11. The van der Waals surface area contributed by atoms with Crippen LogP contribution in [0, 0.1) is 35.5 Å². The second-order valence-corrected chi connectivity index (χ2v) is 29.0. The highest BCUT2D eigenvalue weighted by molar-refractivity contribution is 6.00. The Morgan fingerprint density at radius 1 is 0.382 bits per heavy atom. The molecule has 0 aliphatic heterocycles. The number of hydrogen-bond donors (Lipinski definition) is 23. The number of benzene rings is 1. The van der Waals surface area contributed by atoms with Gasteiger partial charge < -0.3 is 127 Å². The van der Waals surface area contributed by atoms with E-state index in [0.29, 0.717) is 29.3 Å². The number of nitrogens with zero attached hydrogens (tertiary/aromatic N) is 4. The summed E-state index contributed by atoms with van der Waals surface area (Å²) < 4.78 is 0. The predicted octanol–water partition coefficient (Wildman–Crippen LogP) is -4.86. The third kappa shape index (κ3) is 33.9. The number of guanidine groups is 4. The lowest BCUT2D eigenvalue weighted by molar-refractivity contribution is -0.137. The van der Waals surface area contributed by atoms with Gasteiger partial charge in [0.1, 0.15) is 66.5 Å². The summed E-state index contributed by atoms with van der Waals surface area (Å²) in [7, 11) is 0. The highest BCUT2D eigenvalue weighted by Crippen LogP contribution is 2.21. The number of H-pyrrole nitrogens is 1. The average molecular weight is 1550 g/mol. The van der Waals surface area contributed by atoms with E-state index in [2.05, 4.69) is 83.4 Å². The van der Waals surface area contributed by atoms with E-state index in [9.17, 15) is 57.5 Å².